The van der Waals surface area contributed by atoms with Crippen molar-refractivity contribution >= 4 is 46.3 Å². The van der Waals surface area contributed by atoms with Crippen LogP contribution in [0.4, 0.5) is 4.79 Å². The molecule has 0 aliphatic carbocycles. The number of hydrogen-bond acceptors (Lipinski definition) is 6. The van der Waals surface area contributed by atoms with Crippen molar-refractivity contribution in [2.45, 2.75) is 37.2 Å². The summed E-state index contributed by atoms with van der Waals surface area (Å²) in [5.74, 6) is -0.527. The van der Waals surface area contributed by atoms with Crippen LogP contribution < -0.4 is 10.9 Å². The number of amides is 2. The van der Waals surface area contributed by atoms with Crippen LogP contribution in [0.5, 0.6) is 0 Å². The Morgan fingerprint density at radius 2 is 2.16 bits per heavy atom. The second-order valence-corrected chi connectivity index (χ2v) is 7.00. The molecule has 9 heteroatoms. The largest absolute Gasteiger partial charge is 0.453 e. The second-order valence-electron chi connectivity index (χ2n) is 5.25. The van der Waals surface area contributed by atoms with E-state index in [1.165, 1.54) is 11.7 Å². The van der Waals surface area contributed by atoms with E-state index in [4.69, 9.17) is 11.6 Å². The van der Waals surface area contributed by atoms with Gasteiger partial charge < -0.3 is 4.74 Å². The standard InChI is InChI=1S/C16H18ClN3O4S/c1-4-7-20-14(22)11-6-5-10(17)8-12(11)18-15(20)25-9(2)13(21)19-16(23)24-3/h5-6,8-9H,4,7H2,1-3H3,(H,19,21,23)/t9-/m1/s1. The van der Waals surface area contributed by atoms with Crippen LogP contribution in [-0.4, -0.2) is 33.9 Å². The number of alkyl carbamates (subject to hydrolysis) is 1. The number of rotatable bonds is 5. The summed E-state index contributed by atoms with van der Waals surface area (Å²) >= 11 is 7.08. The fraction of sp³-hybridized carbons (Fsp3) is 0.375. The van der Waals surface area contributed by atoms with Crippen LogP contribution in [0.25, 0.3) is 10.9 Å². The minimum absolute atomic E-state index is 0.188. The number of nitrogens with zero attached hydrogens (tertiary/aromatic N) is 2. The predicted molar refractivity (Wildman–Crippen MR) is 97.2 cm³/mol. The van der Waals surface area contributed by atoms with Crippen molar-refractivity contribution in [2.24, 2.45) is 0 Å². The lowest BCUT2D eigenvalue weighted by Gasteiger charge is -2.15. The zero-order chi connectivity index (χ0) is 18.6. The number of nitrogens with one attached hydrogen (secondary N) is 1. The number of ether oxygens (including phenoxy) is 1. The number of imide groups is 1. The first-order valence-corrected chi connectivity index (χ1v) is 8.88. The average Bonchev–Trinajstić information content (AvgIpc) is 2.57. The second kappa shape index (κ2) is 8.35. The van der Waals surface area contributed by atoms with Crippen molar-refractivity contribution in [3.8, 4) is 0 Å². The number of hydrogen-bond donors (Lipinski definition) is 1. The molecular formula is C16H18ClN3O4S. The van der Waals surface area contributed by atoms with E-state index >= 15 is 0 Å². The third kappa shape index (κ3) is 4.52. The highest BCUT2D eigenvalue weighted by atomic mass is 35.5. The molecule has 2 aromatic rings. The summed E-state index contributed by atoms with van der Waals surface area (Å²) < 4.78 is 5.94. The molecule has 0 saturated heterocycles. The van der Waals surface area contributed by atoms with Crippen molar-refractivity contribution in [2.75, 3.05) is 7.11 Å². The number of aromatic nitrogens is 2. The SMILES string of the molecule is CCCn1c(S[C@H](C)C(=O)NC(=O)OC)nc2cc(Cl)ccc2c1=O. The van der Waals surface area contributed by atoms with Gasteiger partial charge in [0.1, 0.15) is 0 Å². The molecule has 0 radical (unpaired) electrons. The highest BCUT2D eigenvalue weighted by Gasteiger charge is 2.21. The molecule has 0 spiro atoms. The zero-order valence-electron chi connectivity index (χ0n) is 14.0. The normalized spacial score (nSPS) is 12.0. The van der Waals surface area contributed by atoms with E-state index in [-0.39, 0.29) is 5.56 Å². The number of fused-ring (bicyclic) bond motifs is 1. The van der Waals surface area contributed by atoms with E-state index in [1.807, 2.05) is 6.92 Å². The number of benzene rings is 1. The van der Waals surface area contributed by atoms with Crippen LogP contribution in [-0.2, 0) is 16.1 Å². The predicted octanol–water partition coefficient (Wildman–Crippen LogP) is 2.82. The van der Waals surface area contributed by atoms with E-state index in [1.54, 1.807) is 25.1 Å². The molecule has 0 saturated carbocycles. The topological polar surface area (TPSA) is 90.3 Å². The van der Waals surface area contributed by atoms with E-state index in [0.717, 1.165) is 18.2 Å². The van der Waals surface area contributed by atoms with Gasteiger partial charge in [-0.25, -0.2) is 9.78 Å². The van der Waals surface area contributed by atoms with E-state index in [9.17, 15) is 14.4 Å². The Balaban J connectivity index is 2.41. The Morgan fingerprint density at radius 1 is 1.44 bits per heavy atom. The van der Waals surface area contributed by atoms with Gasteiger partial charge in [-0.1, -0.05) is 30.3 Å². The van der Waals surface area contributed by atoms with Gasteiger partial charge >= 0.3 is 6.09 Å². The molecule has 0 fully saturated rings. The molecule has 0 aliphatic rings. The molecule has 1 N–H and O–H groups in total. The molecule has 0 bridgehead atoms. The van der Waals surface area contributed by atoms with Gasteiger partial charge in [-0.3, -0.25) is 19.5 Å². The Labute approximate surface area is 153 Å². The maximum absolute atomic E-state index is 12.7. The molecular weight excluding hydrogens is 366 g/mol. The summed E-state index contributed by atoms with van der Waals surface area (Å²) in [4.78, 5) is 40.4. The summed E-state index contributed by atoms with van der Waals surface area (Å²) in [6, 6.07) is 4.89. The van der Waals surface area contributed by atoms with E-state index < -0.39 is 17.3 Å². The Kier molecular flexibility index (Phi) is 6.44. The van der Waals surface area contributed by atoms with Crippen molar-refractivity contribution < 1.29 is 14.3 Å². The third-order valence-electron chi connectivity index (χ3n) is 3.39. The number of methoxy groups -OCH3 is 1. The molecule has 2 rings (SSSR count). The summed E-state index contributed by atoms with van der Waals surface area (Å²) in [5.41, 5.74) is 0.277. The first kappa shape index (κ1) is 19.3. The monoisotopic (exact) mass is 383 g/mol. The molecule has 0 aliphatic heterocycles. The van der Waals surface area contributed by atoms with Gasteiger partial charge in [-0.2, -0.15) is 0 Å². The van der Waals surface area contributed by atoms with Crippen LogP contribution in [0, 0.1) is 0 Å². The van der Waals surface area contributed by atoms with Gasteiger partial charge in [-0.05, 0) is 31.5 Å². The highest BCUT2D eigenvalue weighted by Crippen LogP contribution is 2.24. The summed E-state index contributed by atoms with van der Waals surface area (Å²) in [7, 11) is 1.17. The lowest BCUT2D eigenvalue weighted by Crippen LogP contribution is -2.36. The maximum Gasteiger partial charge on any atom is 0.413 e. The van der Waals surface area contributed by atoms with Crippen molar-refractivity contribution in [1.29, 1.82) is 0 Å². The molecule has 1 aromatic heterocycles. The maximum atomic E-state index is 12.7. The van der Waals surface area contributed by atoms with Gasteiger partial charge in [0.15, 0.2) is 5.16 Å². The molecule has 1 atom stereocenters. The van der Waals surface area contributed by atoms with Crippen LogP contribution >= 0.6 is 23.4 Å². The van der Waals surface area contributed by atoms with Crippen molar-refractivity contribution in [3.05, 3.63) is 33.6 Å². The van der Waals surface area contributed by atoms with E-state index in [0.29, 0.717) is 27.6 Å². The van der Waals surface area contributed by atoms with Gasteiger partial charge in [0.05, 0.1) is 23.3 Å². The Hall–Kier alpha value is -2.06. The molecule has 0 unspecified atom stereocenters. The van der Waals surface area contributed by atoms with Gasteiger partial charge in [0.25, 0.3) is 5.56 Å². The first-order valence-electron chi connectivity index (χ1n) is 7.63. The van der Waals surface area contributed by atoms with Crippen LogP contribution in [0.1, 0.15) is 20.3 Å². The zero-order valence-corrected chi connectivity index (χ0v) is 15.6. The van der Waals surface area contributed by atoms with Crippen LogP contribution in [0.15, 0.2) is 28.2 Å². The van der Waals surface area contributed by atoms with Gasteiger partial charge in [0, 0.05) is 11.6 Å². The molecule has 134 valence electrons. The summed E-state index contributed by atoms with van der Waals surface area (Å²) in [6.45, 7) is 4.03. The lowest BCUT2D eigenvalue weighted by atomic mass is 10.2. The Morgan fingerprint density at radius 3 is 2.80 bits per heavy atom. The fourth-order valence-corrected chi connectivity index (χ4v) is 3.25. The number of thioether (sulfide) groups is 1. The third-order valence-corrected chi connectivity index (χ3v) is 4.72. The molecule has 25 heavy (non-hydrogen) atoms. The van der Waals surface area contributed by atoms with Crippen molar-refractivity contribution in [1.82, 2.24) is 14.9 Å². The van der Waals surface area contributed by atoms with E-state index in [2.05, 4.69) is 15.0 Å². The number of carbonyl (C=O) groups is 2. The quantitative estimate of drug-likeness (QED) is 0.630. The van der Waals surface area contributed by atoms with Crippen LogP contribution in [0.2, 0.25) is 5.02 Å². The number of halogens is 1. The van der Waals surface area contributed by atoms with Crippen molar-refractivity contribution in [3.63, 3.8) is 0 Å². The molecule has 7 nitrogen and oxygen atoms in total. The lowest BCUT2D eigenvalue weighted by molar-refractivity contribution is -0.119. The summed E-state index contributed by atoms with van der Waals surface area (Å²) in [6.07, 6.45) is -0.0987. The molecule has 1 heterocycles. The van der Waals surface area contributed by atoms with Gasteiger partial charge in [-0.15, -0.1) is 0 Å². The Bertz CT molecular complexity index is 868. The molecule has 2 amide bonds. The minimum Gasteiger partial charge on any atom is -0.453 e. The average molecular weight is 384 g/mol. The van der Waals surface area contributed by atoms with Crippen LogP contribution in [0.3, 0.4) is 0 Å². The first-order chi connectivity index (χ1) is 11.9. The molecule has 1 aromatic carbocycles. The number of carbonyl (C=O) groups excluding carboxylic acids is 2. The highest BCUT2D eigenvalue weighted by molar-refractivity contribution is 8.00. The fourth-order valence-electron chi connectivity index (χ4n) is 2.15. The van der Waals surface area contributed by atoms with Gasteiger partial charge in [0.2, 0.25) is 5.91 Å². The minimum atomic E-state index is -0.832. The summed E-state index contributed by atoms with van der Waals surface area (Å²) in [5, 5.41) is 2.79. The smallest absolute Gasteiger partial charge is 0.413 e.